The van der Waals surface area contributed by atoms with Gasteiger partial charge in [0.1, 0.15) is 10.6 Å². The molecule has 0 saturated heterocycles. The zero-order chi connectivity index (χ0) is 14.9. The van der Waals surface area contributed by atoms with Crippen LogP contribution in [0.15, 0.2) is 18.2 Å². The molecule has 0 unspecified atom stereocenters. The number of benzene rings is 1. The number of aromatic carboxylic acids is 1. The van der Waals surface area contributed by atoms with Crippen LogP contribution in [0.5, 0.6) is 11.5 Å². The lowest BCUT2D eigenvalue weighted by molar-refractivity contribution is 0.0697. The lowest BCUT2D eigenvalue weighted by atomic mass is 10.1. The standard InChI is InChI=1S/C12H10N2O5S/c1-5-8(12(18)19)11(20-14-5)13-10(17)6-3-2-4-7(15)9(6)16/h2-4,15-16H,1H3,(H,13,17)(H,18,19). The van der Waals surface area contributed by atoms with Gasteiger partial charge in [-0.05, 0) is 30.6 Å². The number of aromatic nitrogens is 1. The molecule has 2 rings (SSSR count). The van der Waals surface area contributed by atoms with E-state index in [4.69, 9.17) is 5.11 Å². The largest absolute Gasteiger partial charge is 0.504 e. The molecule has 1 aromatic heterocycles. The third kappa shape index (κ3) is 2.41. The van der Waals surface area contributed by atoms with Crippen molar-refractivity contribution in [1.82, 2.24) is 4.37 Å². The first-order valence-electron chi connectivity index (χ1n) is 5.43. The fourth-order valence-electron chi connectivity index (χ4n) is 1.59. The maximum Gasteiger partial charge on any atom is 0.340 e. The van der Waals surface area contributed by atoms with Crippen molar-refractivity contribution in [3.05, 3.63) is 35.0 Å². The molecule has 104 valence electrons. The Morgan fingerprint density at radius 3 is 2.65 bits per heavy atom. The number of anilines is 1. The molecule has 20 heavy (non-hydrogen) atoms. The maximum atomic E-state index is 12.0. The molecule has 0 fully saturated rings. The van der Waals surface area contributed by atoms with Crippen LogP contribution in [0.2, 0.25) is 0 Å². The molecule has 4 N–H and O–H groups in total. The molecule has 1 aromatic carbocycles. The van der Waals surface area contributed by atoms with Gasteiger partial charge in [0.15, 0.2) is 11.5 Å². The van der Waals surface area contributed by atoms with E-state index >= 15 is 0 Å². The van der Waals surface area contributed by atoms with Gasteiger partial charge in [-0.25, -0.2) is 4.79 Å². The Labute approximate surface area is 117 Å². The lowest BCUT2D eigenvalue weighted by Gasteiger charge is -2.06. The van der Waals surface area contributed by atoms with Crippen LogP contribution in [0.1, 0.15) is 26.4 Å². The van der Waals surface area contributed by atoms with E-state index in [0.717, 1.165) is 11.5 Å². The highest BCUT2D eigenvalue weighted by atomic mass is 32.1. The van der Waals surface area contributed by atoms with Gasteiger partial charge in [0.25, 0.3) is 5.91 Å². The topological polar surface area (TPSA) is 120 Å². The number of aromatic hydroxyl groups is 2. The third-order valence-corrected chi connectivity index (χ3v) is 3.42. The molecule has 0 spiro atoms. The SMILES string of the molecule is Cc1nsc(NC(=O)c2cccc(O)c2O)c1C(=O)O. The van der Waals surface area contributed by atoms with Gasteiger partial charge in [0.2, 0.25) is 0 Å². The van der Waals surface area contributed by atoms with Crippen molar-refractivity contribution in [3.8, 4) is 11.5 Å². The van der Waals surface area contributed by atoms with E-state index in [1.54, 1.807) is 0 Å². The fraction of sp³-hybridized carbons (Fsp3) is 0.0833. The van der Waals surface area contributed by atoms with Crippen molar-refractivity contribution < 1.29 is 24.9 Å². The number of carbonyl (C=O) groups is 2. The Hall–Kier alpha value is -2.61. The number of carbonyl (C=O) groups excluding carboxylic acids is 1. The van der Waals surface area contributed by atoms with Crippen LogP contribution < -0.4 is 5.32 Å². The number of phenols is 2. The quantitative estimate of drug-likeness (QED) is 0.641. The highest BCUT2D eigenvalue weighted by molar-refractivity contribution is 7.11. The van der Waals surface area contributed by atoms with Gasteiger partial charge in [-0.1, -0.05) is 6.07 Å². The first-order valence-corrected chi connectivity index (χ1v) is 6.21. The molecule has 0 aliphatic rings. The van der Waals surface area contributed by atoms with E-state index in [1.165, 1.54) is 25.1 Å². The Balaban J connectivity index is 2.33. The number of hydrogen-bond acceptors (Lipinski definition) is 6. The number of carboxylic acid groups (broad SMARTS) is 1. The number of nitrogens with one attached hydrogen (secondary N) is 1. The van der Waals surface area contributed by atoms with Crippen LogP contribution in [0.4, 0.5) is 5.00 Å². The van der Waals surface area contributed by atoms with E-state index in [2.05, 4.69) is 9.69 Å². The molecule has 1 amide bonds. The van der Waals surface area contributed by atoms with Gasteiger partial charge in [-0.15, -0.1) is 0 Å². The Morgan fingerprint density at radius 1 is 1.30 bits per heavy atom. The number of phenolic OH excluding ortho intramolecular Hbond substituents is 2. The van der Waals surface area contributed by atoms with E-state index in [0.29, 0.717) is 0 Å². The van der Waals surface area contributed by atoms with Gasteiger partial charge < -0.3 is 20.6 Å². The lowest BCUT2D eigenvalue weighted by Crippen LogP contribution is -2.13. The zero-order valence-corrected chi connectivity index (χ0v) is 11.1. The minimum atomic E-state index is -1.20. The Kier molecular flexibility index (Phi) is 3.57. The minimum absolute atomic E-state index is 0.0720. The molecule has 0 radical (unpaired) electrons. The first-order chi connectivity index (χ1) is 9.41. The Morgan fingerprint density at radius 2 is 2.00 bits per heavy atom. The summed E-state index contributed by atoms with van der Waals surface area (Å²) in [6.45, 7) is 1.52. The normalized spacial score (nSPS) is 10.2. The van der Waals surface area contributed by atoms with Crippen molar-refractivity contribution >= 4 is 28.4 Å². The van der Waals surface area contributed by atoms with Crippen LogP contribution in [-0.2, 0) is 0 Å². The fourth-order valence-corrected chi connectivity index (χ4v) is 2.38. The summed E-state index contributed by atoms with van der Waals surface area (Å²) in [4.78, 5) is 23.0. The molecule has 0 bridgehead atoms. The molecule has 1 heterocycles. The van der Waals surface area contributed by atoms with E-state index in [-0.39, 0.29) is 21.8 Å². The first kappa shape index (κ1) is 13.8. The molecule has 0 saturated carbocycles. The molecule has 7 nitrogen and oxygen atoms in total. The summed E-state index contributed by atoms with van der Waals surface area (Å²) in [6.07, 6.45) is 0. The third-order valence-electron chi connectivity index (χ3n) is 2.56. The van der Waals surface area contributed by atoms with Crippen molar-refractivity contribution in [2.24, 2.45) is 0 Å². The maximum absolute atomic E-state index is 12.0. The summed E-state index contributed by atoms with van der Waals surface area (Å²) in [6, 6.07) is 3.92. The van der Waals surface area contributed by atoms with Crippen LogP contribution in [0, 0.1) is 6.92 Å². The number of carboxylic acids is 1. The summed E-state index contributed by atoms with van der Waals surface area (Å²) in [7, 11) is 0. The average Bonchev–Trinajstić information content (AvgIpc) is 2.73. The summed E-state index contributed by atoms with van der Waals surface area (Å²) < 4.78 is 3.86. The van der Waals surface area contributed by atoms with Gasteiger partial charge in [0, 0.05) is 0 Å². The van der Waals surface area contributed by atoms with Crippen LogP contribution >= 0.6 is 11.5 Å². The summed E-state index contributed by atoms with van der Waals surface area (Å²) in [5.41, 5.74) is 0.0355. The number of hydrogen-bond donors (Lipinski definition) is 4. The predicted octanol–water partition coefficient (Wildman–Crippen LogP) is 1.81. The summed E-state index contributed by atoms with van der Waals surface area (Å²) in [5.74, 6) is -2.93. The summed E-state index contributed by atoms with van der Waals surface area (Å²) >= 11 is 0.831. The van der Waals surface area contributed by atoms with Crippen molar-refractivity contribution in [2.75, 3.05) is 5.32 Å². The second-order valence-corrected chi connectivity index (χ2v) is 4.68. The van der Waals surface area contributed by atoms with Crippen molar-refractivity contribution in [2.45, 2.75) is 6.92 Å². The van der Waals surface area contributed by atoms with Gasteiger partial charge in [-0.3, -0.25) is 4.79 Å². The highest BCUT2D eigenvalue weighted by Crippen LogP contribution is 2.30. The molecular weight excluding hydrogens is 284 g/mol. The number of rotatable bonds is 3. The van der Waals surface area contributed by atoms with Crippen LogP contribution in [0.25, 0.3) is 0 Å². The number of para-hydroxylation sites is 1. The molecule has 0 aliphatic heterocycles. The van der Waals surface area contributed by atoms with Crippen LogP contribution in [-0.4, -0.2) is 31.6 Å². The average molecular weight is 294 g/mol. The van der Waals surface area contributed by atoms with Gasteiger partial charge in [0.05, 0.1) is 11.3 Å². The highest BCUT2D eigenvalue weighted by Gasteiger charge is 2.21. The monoisotopic (exact) mass is 294 g/mol. The molecular formula is C12H10N2O5S. The molecule has 0 aliphatic carbocycles. The van der Waals surface area contributed by atoms with Crippen LogP contribution in [0.3, 0.4) is 0 Å². The van der Waals surface area contributed by atoms with Crippen molar-refractivity contribution in [3.63, 3.8) is 0 Å². The van der Waals surface area contributed by atoms with E-state index in [1.807, 2.05) is 0 Å². The van der Waals surface area contributed by atoms with E-state index in [9.17, 15) is 19.8 Å². The van der Waals surface area contributed by atoms with Crippen molar-refractivity contribution in [1.29, 1.82) is 0 Å². The molecule has 0 atom stereocenters. The molecule has 8 heteroatoms. The second-order valence-electron chi connectivity index (χ2n) is 3.90. The predicted molar refractivity (Wildman–Crippen MR) is 71.5 cm³/mol. The van der Waals surface area contributed by atoms with E-state index < -0.39 is 23.4 Å². The van der Waals surface area contributed by atoms with Gasteiger partial charge in [-0.2, -0.15) is 4.37 Å². The number of nitrogens with zero attached hydrogens (tertiary/aromatic N) is 1. The van der Waals surface area contributed by atoms with Gasteiger partial charge >= 0.3 is 5.97 Å². The molecule has 2 aromatic rings. The second kappa shape index (κ2) is 5.17. The number of amides is 1. The minimum Gasteiger partial charge on any atom is -0.504 e. The number of aryl methyl sites for hydroxylation is 1. The zero-order valence-electron chi connectivity index (χ0n) is 10.2. The Bertz CT molecular complexity index is 695. The smallest absolute Gasteiger partial charge is 0.340 e. The summed E-state index contributed by atoms with van der Waals surface area (Å²) in [5, 5.41) is 30.4.